The second-order valence-corrected chi connectivity index (χ2v) is 7.57. The fourth-order valence-corrected chi connectivity index (χ4v) is 3.53. The van der Waals surface area contributed by atoms with Gasteiger partial charge in [-0.2, -0.15) is 13.2 Å². The van der Waals surface area contributed by atoms with Crippen molar-refractivity contribution in [1.29, 1.82) is 0 Å². The zero-order valence-electron chi connectivity index (χ0n) is 17.1. The summed E-state index contributed by atoms with van der Waals surface area (Å²) >= 11 is 0. The van der Waals surface area contributed by atoms with Crippen LogP contribution in [0.5, 0.6) is 0 Å². The molecule has 3 N–H and O–H groups in total. The summed E-state index contributed by atoms with van der Waals surface area (Å²) in [6, 6.07) is 11.7. The molecule has 1 aliphatic rings. The van der Waals surface area contributed by atoms with Crippen LogP contribution >= 0.6 is 0 Å². The van der Waals surface area contributed by atoms with E-state index in [1.807, 2.05) is 30.3 Å². The highest BCUT2D eigenvalue weighted by atomic mass is 19.4. The molecule has 0 saturated carbocycles. The maximum Gasteiger partial charge on any atom is 0.416 e. The molecule has 0 spiro atoms. The molecule has 0 unspecified atom stereocenters. The van der Waals surface area contributed by atoms with E-state index in [0.717, 1.165) is 17.7 Å². The van der Waals surface area contributed by atoms with Gasteiger partial charge in [0.25, 0.3) is 0 Å². The van der Waals surface area contributed by atoms with Crippen LogP contribution in [0.25, 0.3) is 6.08 Å². The maximum absolute atomic E-state index is 13.1. The van der Waals surface area contributed by atoms with E-state index in [0.29, 0.717) is 19.2 Å². The Bertz CT molecular complexity index is 984. The van der Waals surface area contributed by atoms with Gasteiger partial charge in [0.2, 0.25) is 11.8 Å². The number of anilines is 1. The Kier molecular flexibility index (Phi) is 7.29. The first-order valence-electron chi connectivity index (χ1n) is 10.1. The minimum Gasteiger partial charge on any atom is -0.338 e. The van der Waals surface area contributed by atoms with E-state index in [4.69, 9.17) is 0 Å². The minimum atomic E-state index is -4.69. The summed E-state index contributed by atoms with van der Waals surface area (Å²) in [5.74, 6) is -1.15. The molecule has 9 heteroatoms. The third-order valence-corrected chi connectivity index (χ3v) is 5.21. The van der Waals surface area contributed by atoms with Crippen molar-refractivity contribution in [2.45, 2.75) is 31.2 Å². The molecule has 0 aromatic heterocycles. The van der Waals surface area contributed by atoms with Gasteiger partial charge in [0.05, 0.1) is 5.56 Å². The molecule has 1 heterocycles. The summed E-state index contributed by atoms with van der Waals surface area (Å²) < 4.78 is 52.5. The summed E-state index contributed by atoms with van der Waals surface area (Å²) in [7, 11) is 0. The first-order valence-corrected chi connectivity index (χ1v) is 10.1. The molecule has 5 nitrogen and oxygen atoms in total. The molecule has 0 radical (unpaired) electrons. The van der Waals surface area contributed by atoms with Gasteiger partial charge in [-0.1, -0.05) is 30.3 Å². The largest absolute Gasteiger partial charge is 0.416 e. The van der Waals surface area contributed by atoms with Crippen LogP contribution in [0.15, 0.2) is 54.6 Å². The topological polar surface area (TPSA) is 70.2 Å². The summed E-state index contributed by atoms with van der Waals surface area (Å²) in [4.78, 5) is 25.6. The van der Waals surface area contributed by atoms with Gasteiger partial charge in [0.1, 0.15) is 12.2 Å². The lowest BCUT2D eigenvalue weighted by atomic mass is 9.87. The number of carbonyl (C=O) groups excluding carboxylic acids is 2. The number of halogens is 4. The Morgan fingerprint density at radius 1 is 1.06 bits per heavy atom. The molecule has 2 aromatic rings. The van der Waals surface area contributed by atoms with E-state index in [-0.39, 0.29) is 24.1 Å². The van der Waals surface area contributed by atoms with Gasteiger partial charge < -0.3 is 16.0 Å². The molecular formula is C23H23F4N3O2. The number of rotatable bonds is 6. The molecule has 32 heavy (non-hydrogen) atoms. The Morgan fingerprint density at radius 3 is 2.38 bits per heavy atom. The average molecular weight is 449 g/mol. The van der Waals surface area contributed by atoms with E-state index in [1.54, 1.807) is 6.08 Å². The van der Waals surface area contributed by atoms with Crippen molar-refractivity contribution < 1.29 is 27.2 Å². The third-order valence-electron chi connectivity index (χ3n) is 5.21. The van der Waals surface area contributed by atoms with Gasteiger partial charge in [0, 0.05) is 11.8 Å². The Morgan fingerprint density at radius 2 is 1.75 bits per heavy atom. The highest BCUT2D eigenvalue weighted by molar-refractivity contribution is 6.03. The predicted octanol–water partition coefficient (Wildman–Crippen LogP) is 4.07. The van der Waals surface area contributed by atoms with E-state index in [9.17, 15) is 27.2 Å². The molecule has 1 aliphatic heterocycles. The Hall–Kier alpha value is -3.20. The van der Waals surface area contributed by atoms with Gasteiger partial charge in [0.15, 0.2) is 0 Å². The van der Waals surface area contributed by atoms with Crippen LogP contribution in [-0.4, -0.2) is 30.4 Å². The first-order chi connectivity index (χ1) is 15.2. The quantitative estimate of drug-likeness (QED) is 0.460. The van der Waals surface area contributed by atoms with E-state index in [2.05, 4.69) is 16.0 Å². The van der Waals surface area contributed by atoms with Crippen LogP contribution in [-0.2, 0) is 22.4 Å². The van der Waals surface area contributed by atoms with Crippen LogP contribution in [0, 0.1) is 0 Å². The van der Waals surface area contributed by atoms with E-state index in [1.165, 1.54) is 6.08 Å². The lowest BCUT2D eigenvalue weighted by Crippen LogP contribution is -2.61. The molecule has 1 saturated heterocycles. The highest BCUT2D eigenvalue weighted by Crippen LogP contribution is 2.33. The Balaban J connectivity index is 1.80. The highest BCUT2D eigenvalue weighted by Gasteiger charge is 2.41. The number of hydrogen-bond donors (Lipinski definition) is 3. The van der Waals surface area contributed by atoms with Crippen molar-refractivity contribution in [3.05, 3.63) is 71.3 Å². The number of amides is 2. The minimum absolute atomic E-state index is 0.176. The second-order valence-electron chi connectivity index (χ2n) is 7.57. The van der Waals surface area contributed by atoms with Gasteiger partial charge in [-0.05, 0) is 61.3 Å². The number of benzene rings is 2. The molecule has 170 valence electrons. The molecular weight excluding hydrogens is 426 g/mol. The molecule has 3 rings (SSSR count). The SMILES string of the molecule is O=C(/C=C/c1ccccc1)NC1(C(=O)Nc2cc(CF)cc(C(F)(F)F)c2)CCNCC1. The monoisotopic (exact) mass is 449 g/mol. The summed E-state index contributed by atoms with van der Waals surface area (Å²) in [6.45, 7) is -0.230. The number of alkyl halides is 4. The van der Waals surface area contributed by atoms with E-state index < -0.39 is 35.8 Å². The van der Waals surface area contributed by atoms with Crippen LogP contribution in [0.2, 0.25) is 0 Å². The number of hydrogen-bond acceptors (Lipinski definition) is 3. The number of carbonyl (C=O) groups is 2. The molecule has 2 amide bonds. The van der Waals surface area contributed by atoms with Gasteiger partial charge >= 0.3 is 6.18 Å². The second kappa shape index (κ2) is 9.95. The summed E-state index contributed by atoms with van der Waals surface area (Å²) in [6.07, 6.45) is -1.29. The smallest absolute Gasteiger partial charge is 0.338 e. The van der Waals surface area contributed by atoms with Crippen molar-refractivity contribution in [3.63, 3.8) is 0 Å². The standard InChI is InChI=1S/C23H23F4N3O2/c24-15-17-12-18(23(25,26)27)14-19(13-17)29-21(32)22(8-10-28-11-9-22)30-20(31)7-6-16-4-2-1-3-5-16/h1-7,12-14,28H,8-11,15H2,(H,29,32)(H,30,31)/b7-6+. The van der Waals surface area contributed by atoms with Crippen molar-refractivity contribution in [2.24, 2.45) is 0 Å². The maximum atomic E-state index is 13.1. The van der Waals surface area contributed by atoms with Gasteiger partial charge in [-0.25, -0.2) is 4.39 Å². The first kappa shape index (κ1) is 23.5. The number of nitrogens with one attached hydrogen (secondary N) is 3. The third kappa shape index (κ3) is 5.94. The van der Waals surface area contributed by atoms with Crippen molar-refractivity contribution in [3.8, 4) is 0 Å². The van der Waals surface area contributed by atoms with Crippen molar-refractivity contribution >= 4 is 23.6 Å². The van der Waals surface area contributed by atoms with Crippen LogP contribution in [0.3, 0.4) is 0 Å². The predicted molar refractivity (Wildman–Crippen MR) is 113 cm³/mol. The van der Waals surface area contributed by atoms with E-state index >= 15 is 0 Å². The Labute approximate surface area is 182 Å². The zero-order valence-corrected chi connectivity index (χ0v) is 17.1. The van der Waals surface area contributed by atoms with Crippen LogP contribution in [0.1, 0.15) is 29.5 Å². The summed E-state index contributed by atoms with van der Waals surface area (Å²) in [5.41, 5.74) is -1.95. The van der Waals surface area contributed by atoms with Crippen molar-refractivity contribution in [1.82, 2.24) is 10.6 Å². The average Bonchev–Trinajstić information content (AvgIpc) is 2.78. The zero-order chi connectivity index (χ0) is 23.2. The van der Waals surface area contributed by atoms with Crippen LogP contribution < -0.4 is 16.0 Å². The summed E-state index contributed by atoms with van der Waals surface area (Å²) in [5, 5.41) is 8.26. The lowest BCUT2D eigenvalue weighted by molar-refractivity contribution is -0.137. The van der Waals surface area contributed by atoms with Gasteiger partial charge in [-0.3, -0.25) is 9.59 Å². The van der Waals surface area contributed by atoms with Crippen molar-refractivity contribution in [2.75, 3.05) is 18.4 Å². The molecule has 2 aromatic carbocycles. The fourth-order valence-electron chi connectivity index (χ4n) is 3.53. The molecule has 0 bridgehead atoms. The fraction of sp³-hybridized carbons (Fsp3) is 0.304. The van der Waals surface area contributed by atoms with Gasteiger partial charge in [-0.15, -0.1) is 0 Å². The number of piperidine rings is 1. The van der Waals surface area contributed by atoms with Crippen LogP contribution in [0.4, 0.5) is 23.2 Å². The normalized spacial score (nSPS) is 16.0. The molecule has 0 atom stereocenters. The molecule has 0 aliphatic carbocycles. The lowest BCUT2D eigenvalue weighted by Gasteiger charge is -2.36. The molecule has 1 fully saturated rings.